The van der Waals surface area contributed by atoms with Crippen LogP contribution in [0.25, 0.3) is 17.5 Å². The fourth-order valence-corrected chi connectivity index (χ4v) is 5.26. The molecule has 0 radical (unpaired) electrons. The molecule has 2 aromatic heterocycles. The topological polar surface area (TPSA) is 113 Å². The van der Waals surface area contributed by atoms with Crippen LogP contribution < -0.4 is 20.9 Å². The van der Waals surface area contributed by atoms with E-state index < -0.39 is 24.4 Å². The number of carbonyl (C=O) groups excluding carboxylic acids is 2. The molecule has 0 saturated carbocycles. The first-order valence-corrected chi connectivity index (χ1v) is 14.5. The minimum atomic E-state index is -4.49. The van der Waals surface area contributed by atoms with Crippen LogP contribution >= 0.6 is 0 Å². The minimum absolute atomic E-state index is 0.0721. The number of hydrogen-bond donors (Lipinski definition) is 3. The van der Waals surface area contributed by atoms with Crippen LogP contribution in [0, 0.1) is 0 Å². The van der Waals surface area contributed by atoms with Gasteiger partial charge in [0.15, 0.2) is 0 Å². The standard InChI is InChI=1S/C31H36F3N7O3/c1-30(2,3)44-29(43)39-23-10-12-40(13-11-23)26-8-7-22(17-35-26)20-9-14-41-25(18-36-27(41)16-20)21-5-4-6-24(15-21)38-28(42)37-19-31(32,33)34/h4-9,14-15,17-18,20,23H,10-13,16,19H2,1-3H3,(H,39,43)(H2,37,38,42). The highest BCUT2D eigenvalue weighted by Gasteiger charge is 2.28. The first-order valence-electron chi connectivity index (χ1n) is 14.5. The number of imidazole rings is 1. The quantitative estimate of drug-likeness (QED) is 0.318. The molecule has 44 heavy (non-hydrogen) atoms. The van der Waals surface area contributed by atoms with Gasteiger partial charge in [0.05, 0.1) is 11.9 Å². The zero-order valence-corrected chi connectivity index (χ0v) is 24.8. The number of hydrogen-bond acceptors (Lipinski definition) is 6. The molecule has 234 valence electrons. The predicted molar refractivity (Wildman–Crippen MR) is 161 cm³/mol. The summed E-state index contributed by atoms with van der Waals surface area (Å²) in [7, 11) is 0. The molecule has 2 aliphatic heterocycles. The van der Waals surface area contributed by atoms with E-state index in [-0.39, 0.29) is 18.1 Å². The molecule has 2 aliphatic rings. The Kier molecular flexibility index (Phi) is 8.84. The molecule has 4 heterocycles. The summed E-state index contributed by atoms with van der Waals surface area (Å²) in [6.07, 6.45) is 5.10. The number of fused-ring (bicyclic) bond motifs is 1. The summed E-state index contributed by atoms with van der Waals surface area (Å²) >= 11 is 0. The van der Waals surface area contributed by atoms with Gasteiger partial charge < -0.3 is 30.2 Å². The van der Waals surface area contributed by atoms with Gasteiger partial charge in [-0.15, -0.1) is 0 Å². The number of anilines is 2. The first kappa shape index (κ1) is 30.9. The van der Waals surface area contributed by atoms with Crippen LogP contribution in [-0.2, 0) is 11.2 Å². The van der Waals surface area contributed by atoms with E-state index in [9.17, 15) is 22.8 Å². The summed E-state index contributed by atoms with van der Waals surface area (Å²) in [5.74, 6) is 1.85. The average Bonchev–Trinajstić information content (AvgIpc) is 3.39. The molecule has 1 fully saturated rings. The molecule has 3 amide bonds. The highest BCUT2D eigenvalue weighted by Crippen LogP contribution is 2.32. The Morgan fingerprint density at radius 3 is 2.50 bits per heavy atom. The van der Waals surface area contributed by atoms with Crippen molar-refractivity contribution in [2.75, 3.05) is 29.9 Å². The molecular weight excluding hydrogens is 575 g/mol. The maximum Gasteiger partial charge on any atom is 0.407 e. The van der Waals surface area contributed by atoms with Crippen molar-refractivity contribution in [3.05, 3.63) is 66.3 Å². The second kappa shape index (κ2) is 12.6. The third-order valence-electron chi connectivity index (χ3n) is 7.35. The van der Waals surface area contributed by atoms with E-state index in [1.165, 1.54) is 0 Å². The predicted octanol–water partition coefficient (Wildman–Crippen LogP) is 5.93. The van der Waals surface area contributed by atoms with Crippen molar-refractivity contribution in [2.45, 2.75) is 63.8 Å². The van der Waals surface area contributed by atoms with Gasteiger partial charge in [0.2, 0.25) is 0 Å². The number of alkyl halides is 3. The Morgan fingerprint density at radius 2 is 1.82 bits per heavy atom. The fourth-order valence-electron chi connectivity index (χ4n) is 5.26. The normalized spacial score (nSPS) is 17.1. The van der Waals surface area contributed by atoms with Gasteiger partial charge in [-0.05, 0) is 57.4 Å². The van der Waals surface area contributed by atoms with E-state index in [0.717, 1.165) is 54.4 Å². The molecule has 3 aromatic rings. The minimum Gasteiger partial charge on any atom is -0.444 e. The molecule has 13 heteroatoms. The van der Waals surface area contributed by atoms with Crippen LogP contribution in [0.2, 0.25) is 0 Å². The molecule has 0 bridgehead atoms. The van der Waals surface area contributed by atoms with E-state index in [4.69, 9.17) is 9.72 Å². The van der Waals surface area contributed by atoms with Crippen LogP contribution in [0.3, 0.4) is 0 Å². The van der Waals surface area contributed by atoms with Gasteiger partial charge in [-0.3, -0.25) is 0 Å². The smallest absolute Gasteiger partial charge is 0.407 e. The first-order chi connectivity index (χ1) is 20.8. The van der Waals surface area contributed by atoms with Crippen molar-refractivity contribution in [1.29, 1.82) is 0 Å². The van der Waals surface area contributed by atoms with Crippen LogP contribution in [-0.4, -0.2) is 64.1 Å². The number of carbonyl (C=O) groups is 2. The zero-order chi connectivity index (χ0) is 31.5. The van der Waals surface area contributed by atoms with Gasteiger partial charge in [0.1, 0.15) is 23.8 Å². The fraction of sp³-hybridized carbons (Fsp3) is 0.419. The summed E-state index contributed by atoms with van der Waals surface area (Å²) in [6, 6.07) is 10.1. The number of benzene rings is 1. The summed E-state index contributed by atoms with van der Waals surface area (Å²) in [4.78, 5) is 35.5. The number of piperidine rings is 1. The van der Waals surface area contributed by atoms with Crippen molar-refractivity contribution in [3.8, 4) is 11.3 Å². The second-order valence-corrected chi connectivity index (χ2v) is 11.9. The lowest BCUT2D eigenvalue weighted by atomic mass is 9.95. The zero-order valence-electron chi connectivity index (χ0n) is 24.8. The molecule has 0 aliphatic carbocycles. The lowest BCUT2D eigenvalue weighted by molar-refractivity contribution is -0.122. The highest BCUT2D eigenvalue weighted by atomic mass is 19.4. The average molecular weight is 612 g/mol. The third-order valence-corrected chi connectivity index (χ3v) is 7.35. The monoisotopic (exact) mass is 611 g/mol. The SMILES string of the molecule is CC(C)(C)OC(=O)NC1CCN(c2ccc(C3C=Cn4c(-c5cccc(NC(=O)NCC(F)(F)F)c5)cnc4C3)cn2)CC1. The van der Waals surface area contributed by atoms with Crippen LogP contribution in [0.4, 0.5) is 34.3 Å². The number of halogens is 3. The van der Waals surface area contributed by atoms with Gasteiger partial charge in [0, 0.05) is 55.1 Å². The molecule has 1 aromatic carbocycles. The molecule has 1 atom stereocenters. The van der Waals surface area contributed by atoms with Gasteiger partial charge in [-0.25, -0.2) is 19.6 Å². The van der Waals surface area contributed by atoms with E-state index in [2.05, 4.69) is 32.7 Å². The second-order valence-electron chi connectivity index (χ2n) is 11.9. The Labute approximate surface area is 253 Å². The number of aromatic nitrogens is 3. The van der Waals surface area contributed by atoms with Crippen LogP contribution in [0.15, 0.2) is 54.9 Å². The molecule has 10 nitrogen and oxygen atoms in total. The number of allylic oxidation sites excluding steroid dienone is 1. The van der Waals surface area contributed by atoms with Crippen molar-refractivity contribution < 1.29 is 27.5 Å². The molecule has 5 rings (SSSR count). The summed E-state index contributed by atoms with van der Waals surface area (Å²) in [6.45, 7) is 5.70. The third kappa shape index (κ3) is 8.08. The van der Waals surface area contributed by atoms with Crippen LogP contribution in [0.1, 0.15) is 50.9 Å². The van der Waals surface area contributed by atoms with Gasteiger partial charge >= 0.3 is 18.3 Å². The van der Waals surface area contributed by atoms with Crippen LogP contribution in [0.5, 0.6) is 0 Å². The Balaban J connectivity index is 1.17. The van der Waals surface area contributed by atoms with Gasteiger partial charge in [-0.2, -0.15) is 13.2 Å². The van der Waals surface area contributed by atoms with Crippen molar-refractivity contribution in [3.63, 3.8) is 0 Å². The van der Waals surface area contributed by atoms with Crippen molar-refractivity contribution >= 4 is 29.8 Å². The summed E-state index contributed by atoms with van der Waals surface area (Å²) in [5.41, 5.74) is 2.47. The van der Waals surface area contributed by atoms with E-state index in [1.807, 2.05) is 49.9 Å². The molecule has 0 spiro atoms. The Morgan fingerprint density at radius 1 is 1.05 bits per heavy atom. The number of pyridine rings is 1. The van der Waals surface area contributed by atoms with E-state index in [1.54, 1.807) is 29.7 Å². The number of alkyl carbamates (subject to hydrolysis) is 1. The number of nitrogens with zero attached hydrogens (tertiary/aromatic N) is 4. The molecule has 3 N–H and O–H groups in total. The molecule has 1 unspecified atom stereocenters. The number of amides is 3. The highest BCUT2D eigenvalue weighted by molar-refractivity contribution is 5.90. The van der Waals surface area contributed by atoms with Gasteiger partial charge in [-0.1, -0.05) is 24.3 Å². The van der Waals surface area contributed by atoms with E-state index >= 15 is 0 Å². The summed E-state index contributed by atoms with van der Waals surface area (Å²) < 4.78 is 44.5. The molecular formula is C31H36F3N7O3. The maximum absolute atomic E-state index is 12.4. The number of nitrogens with one attached hydrogen (secondary N) is 3. The summed E-state index contributed by atoms with van der Waals surface area (Å²) in [5, 5.41) is 7.20. The van der Waals surface area contributed by atoms with Crippen molar-refractivity contribution in [2.24, 2.45) is 0 Å². The lowest BCUT2D eigenvalue weighted by Gasteiger charge is -2.33. The number of urea groups is 1. The number of ether oxygens (including phenoxy) is 1. The molecule has 1 saturated heterocycles. The van der Waals surface area contributed by atoms with E-state index in [0.29, 0.717) is 12.1 Å². The lowest BCUT2D eigenvalue weighted by Crippen LogP contribution is -2.46. The Hall–Kier alpha value is -4.55. The number of rotatable bonds is 6. The van der Waals surface area contributed by atoms with Gasteiger partial charge in [0.25, 0.3) is 0 Å². The van der Waals surface area contributed by atoms with Crippen molar-refractivity contribution in [1.82, 2.24) is 25.2 Å². The Bertz CT molecular complexity index is 1500. The maximum atomic E-state index is 12.4. The largest absolute Gasteiger partial charge is 0.444 e.